The highest BCUT2D eigenvalue weighted by Crippen LogP contribution is 2.39. The standard InChI is InChI=1S/C26H27FN6O3/c1-15-19(12-28-16(2)30-15)18-11-22-24(33-14-29-31-23(18)33)32(25(34)36-26(3,4)5)13-20-17(9-10-35-22)7-6-8-21(20)27/h6-8,11-12,14H,9-10,13H2,1-5H3. The molecule has 0 atom stereocenters. The highest BCUT2D eigenvalue weighted by Gasteiger charge is 2.32. The predicted molar refractivity (Wildman–Crippen MR) is 132 cm³/mol. The van der Waals surface area contributed by atoms with Gasteiger partial charge in [-0.05, 0) is 52.3 Å². The average molecular weight is 491 g/mol. The molecule has 0 saturated carbocycles. The van der Waals surface area contributed by atoms with Crippen molar-refractivity contribution in [2.75, 3.05) is 11.5 Å². The number of rotatable bonds is 1. The smallest absolute Gasteiger partial charge is 0.416 e. The lowest BCUT2D eigenvalue weighted by Crippen LogP contribution is -2.38. The van der Waals surface area contributed by atoms with Gasteiger partial charge >= 0.3 is 6.09 Å². The van der Waals surface area contributed by atoms with E-state index in [-0.39, 0.29) is 13.2 Å². The molecule has 0 bridgehead atoms. The van der Waals surface area contributed by atoms with Crippen molar-refractivity contribution in [1.29, 1.82) is 0 Å². The Hall–Kier alpha value is -4.08. The molecule has 3 aromatic heterocycles. The van der Waals surface area contributed by atoms with Gasteiger partial charge in [0.25, 0.3) is 0 Å². The molecular formula is C26H27FN6O3. The average Bonchev–Trinajstić information content (AvgIpc) is 3.29. The maximum atomic E-state index is 15.0. The second-order valence-electron chi connectivity index (χ2n) is 9.73. The van der Waals surface area contributed by atoms with Crippen LogP contribution in [0.15, 0.2) is 36.8 Å². The van der Waals surface area contributed by atoms with Crippen molar-refractivity contribution in [2.45, 2.75) is 53.2 Å². The summed E-state index contributed by atoms with van der Waals surface area (Å²) in [5.41, 5.74) is 3.13. The van der Waals surface area contributed by atoms with Crippen molar-refractivity contribution in [3.63, 3.8) is 0 Å². The summed E-state index contributed by atoms with van der Waals surface area (Å²) < 4.78 is 28.6. The summed E-state index contributed by atoms with van der Waals surface area (Å²) in [6.45, 7) is 9.30. The van der Waals surface area contributed by atoms with Crippen molar-refractivity contribution < 1.29 is 18.7 Å². The molecule has 0 radical (unpaired) electrons. The maximum absolute atomic E-state index is 15.0. The Morgan fingerprint density at radius 1 is 1.19 bits per heavy atom. The van der Waals surface area contributed by atoms with E-state index in [1.54, 1.807) is 37.4 Å². The quantitative estimate of drug-likeness (QED) is 0.378. The number of fused-ring (bicyclic) bond motifs is 4. The second-order valence-corrected chi connectivity index (χ2v) is 9.73. The molecule has 0 N–H and O–H groups in total. The first-order valence-electron chi connectivity index (χ1n) is 11.7. The van der Waals surface area contributed by atoms with Crippen molar-refractivity contribution in [3.05, 3.63) is 65.3 Å². The summed E-state index contributed by atoms with van der Waals surface area (Å²) in [5, 5.41) is 8.44. The number of amides is 1. The summed E-state index contributed by atoms with van der Waals surface area (Å²) in [6, 6.07) is 6.71. The third-order valence-electron chi connectivity index (χ3n) is 5.93. The van der Waals surface area contributed by atoms with Gasteiger partial charge < -0.3 is 9.47 Å². The second kappa shape index (κ2) is 8.85. The van der Waals surface area contributed by atoms with E-state index < -0.39 is 17.5 Å². The van der Waals surface area contributed by atoms with Crippen LogP contribution in [0.4, 0.5) is 15.0 Å². The van der Waals surface area contributed by atoms with Crippen LogP contribution in [0.3, 0.4) is 0 Å². The lowest BCUT2D eigenvalue weighted by Gasteiger charge is -2.29. The van der Waals surface area contributed by atoms with E-state index in [0.29, 0.717) is 40.6 Å². The van der Waals surface area contributed by atoms with Gasteiger partial charge in [0.2, 0.25) is 0 Å². The van der Waals surface area contributed by atoms with Crippen LogP contribution in [-0.4, -0.2) is 42.9 Å². The van der Waals surface area contributed by atoms with Crippen LogP contribution in [0, 0.1) is 19.7 Å². The molecule has 1 aliphatic rings. The first-order valence-corrected chi connectivity index (χ1v) is 11.7. The number of hydrogen-bond acceptors (Lipinski definition) is 7. The molecule has 0 aliphatic carbocycles. The van der Waals surface area contributed by atoms with E-state index >= 15 is 4.39 Å². The minimum atomic E-state index is -0.767. The number of ether oxygens (including phenoxy) is 2. The van der Waals surface area contributed by atoms with Gasteiger partial charge in [-0.3, -0.25) is 9.30 Å². The van der Waals surface area contributed by atoms with Gasteiger partial charge in [-0.1, -0.05) is 12.1 Å². The van der Waals surface area contributed by atoms with Crippen LogP contribution in [0.5, 0.6) is 5.75 Å². The van der Waals surface area contributed by atoms with Gasteiger partial charge in [0.1, 0.15) is 23.6 Å². The number of carbonyl (C=O) groups excluding carboxylic acids is 1. The normalized spacial score (nSPS) is 13.8. The number of pyridine rings is 1. The Kier molecular flexibility index (Phi) is 5.82. The zero-order chi connectivity index (χ0) is 25.6. The number of anilines is 1. The molecule has 5 rings (SSSR count). The first kappa shape index (κ1) is 23.7. The molecule has 186 valence electrons. The Labute approximate surface area is 207 Å². The van der Waals surface area contributed by atoms with E-state index in [9.17, 15) is 4.79 Å². The summed E-state index contributed by atoms with van der Waals surface area (Å²) in [6.07, 6.45) is 3.07. The molecule has 36 heavy (non-hydrogen) atoms. The maximum Gasteiger partial charge on any atom is 0.416 e. The van der Waals surface area contributed by atoms with Crippen molar-refractivity contribution in [1.82, 2.24) is 24.6 Å². The van der Waals surface area contributed by atoms with Crippen molar-refractivity contribution >= 4 is 17.6 Å². The molecule has 10 heteroatoms. The van der Waals surface area contributed by atoms with Crippen molar-refractivity contribution in [2.24, 2.45) is 0 Å². The minimum Gasteiger partial charge on any atom is -0.489 e. The van der Waals surface area contributed by atoms with Crippen LogP contribution in [0.2, 0.25) is 0 Å². The third kappa shape index (κ3) is 4.34. The lowest BCUT2D eigenvalue weighted by molar-refractivity contribution is 0.0574. The van der Waals surface area contributed by atoms with Gasteiger partial charge in [0, 0.05) is 35.0 Å². The zero-order valence-corrected chi connectivity index (χ0v) is 20.9. The summed E-state index contributed by atoms with van der Waals surface area (Å²) >= 11 is 0. The Bertz CT molecular complexity index is 1480. The third-order valence-corrected chi connectivity index (χ3v) is 5.93. The molecule has 1 aromatic carbocycles. The first-order chi connectivity index (χ1) is 17.1. The van der Waals surface area contributed by atoms with Crippen LogP contribution in [0.25, 0.3) is 16.8 Å². The lowest BCUT2D eigenvalue weighted by atomic mass is 10.0. The fourth-order valence-electron chi connectivity index (χ4n) is 4.35. The van der Waals surface area contributed by atoms with Crippen molar-refractivity contribution in [3.8, 4) is 16.9 Å². The number of halogens is 1. The number of carbonyl (C=O) groups is 1. The molecule has 1 amide bonds. The molecule has 4 aromatic rings. The van der Waals surface area contributed by atoms with Crippen LogP contribution >= 0.6 is 0 Å². The minimum absolute atomic E-state index is 0.0490. The number of hydrogen-bond donors (Lipinski definition) is 0. The van der Waals surface area contributed by atoms with E-state index in [0.717, 1.165) is 16.8 Å². The molecule has 0 fully saturated rings. The Morgan fingerprint density at radius 3 is 2.75 bits per heavy atom. The molecule has 0 unspecified atom stereocenters. The highest BCUT2D eigenvalue weighted by molar-refractivity contribution is 5.92. The molecule has 9 nitrogen and oxygen atoms in total. The summed E-state index contributed by atoms with van der Waals surface area (Å²) in [7, 11) is 0. The largest absolute Gasteiger partial charge is 0.489 e. The van der Waals surface area contributed by atoms with Crippen LogP contribution < -0.4 is 9.64 Å². The van der Waals surface area contributed by atoms with E-state index in [4.69, 9.17) is 9.47 Å². The molecule has 0 spiro atoms. The van der Waals surface area contributed by atoms with Gasteiger partial charge in [0.05, 0.1) is 13.2 Å². The topological polar surface area (TPSA) is 94.7 Å². The van der Waals surface area contributed by atoms with Gasteiger partial charge in [0.15, 0.2) is 17.2 Å². The van der Waals surface area contributed by atoms with Gasteiger partial charge in [-0.25, -0.2) is 19.2 Å². The van der Waals surface area contributed by atoms with Gasteiger partial charge in [-0.2, -0.15) is 0 Å². The number of aromatic nitrogens is 5. The number of benzene rings is 1. The molecule has 4 heterocycles. The Balaban J connectivity index is 1.76. The van der Waals surface area contributed by atoms with Crippen LogP contribution in [-0.2, 0) is 17.7 Å². The fraction of sp³-hybridized carbons (Fsp3) is 0.346. The Morgan fingerprint density at radius 2 is 2.00 bits per heavy atom. The zero-order valence-electron chi connectivity index (χ0n) is 20.9. The molecule has 1 aliphatic heterocycles. The van der Waals surface area contributed by atoms with E-state index in [1.165, 1.54) is 17.3 Å². The van der Waals surface area contributed by atoms with E-state index in [2.05, 4.69) is 20.2 Å². The SMILES string of the molecule is Cc1ncc(-c2cc3c(n4cnnc24)N(C(=O)OC(C)(C)C)Cc2c(F)cccc2CCO3)c(C)n1. The molecule has 0 saturated heterocycles. The monoisotopic (exact) mass is 490 g/mol. The van der Waals surface area contributed by atoms with Crippen LogP contribution in [0.1, 0.15) is 43.4 Å². The van der Waals surface area contributed by atoms with Gasteiger partial charge in [-0.15, -0.1) is 10.2 Å². The summed E-state index contributed by atoms with van der Waals surface area (Å²) in [4.78, 5) is 23.8. The van der Waals surface area contributed by atoms with E-state index in [1.807, 2.05) is 26.0 Å². The predicted octanol–water partition coefficient (Wildman–Crippen LogP) is 4.82. The number of aryl methyl sites for hydroxylation is 2. The molecular weight excluding hydrogens is 463 g/mol. The number of nitrogens with zero attached hydrogens (tertiary/aromatic N) is 6. The summed E-state index contributed by atoms with van der Waals surface area (Å²) in [5.74, 6) is 1.03. The highest BCUT2D eigenvalue weighted by atomic mass is 19.1. The fourth-order valence-corrected chi connectivity index (χ4v) is 4.35.